The number of primary amides is 2. The van der Waals surface area contributed by atoms with E-state index in [0.717, 1.165) is 28.8 Å². The molecule has 3 amide bonds. The van der Waals surface area contributed by atoms with Gasteiger partial charge in [0.15, 0.2) is 0 Å². The number of carbonyl (C=O) groups is 2. The molecule has 0 bridgehead atoms. The second kappa shape index (κ2) is 5.66. The summed E-state index contributed by atoms with van der Waals surface area (Å²) in [5, 5.41) is 2.96. The van der Waals surface area contributed by atoms with Gasteiger partial charge >= 0.3 is 6.03 Å². The number of nitrogens with two attached hydrogens (primary N) is 2. The highest BCUT2D eigenvalue weighted by molar-refractivity contribution is 7.98. The molecule has 7 heteroatoms. The lowest BCUT2D eigenvalue weighted by Crippen LogP contribution is -2.22. The number of thioether (sulfide) groups is 1. The van der Waals surface area contributed by atoms with Crippen molar-refractivity contribution in [2.45, 2.75) is 17.7 Å². The number of hydrogen-bond donors (Lipinski definition) is 3. The fraction of sp³-hybridized carbons (Fsp3) is 0.200. The van der Waals surface area contributed by atoms with Crippen molar-refractivity contribution in [2.24, 2.45) is 11.5 Å². The van der Waals surface area contributed by atoms with E-state index in [-0.39, 0.29) is 0 Å². The summed E-state index contributed by atoms with van der Waals surface area (Å²) < 4.78 is 0. The van der Waals surface area contributed by atoms with Crippen LogP contribution in [-0.2, 0) is 12.8 Å². The smallest absolute Gasteiger partial charge is 0.317 e. The molecule has 0 spiro atoms. The number of anilines is 1. The molecule has 0 unspecified atom stereocenters. The summed E-state index contributed by atoms with van der Waals surface area (Å²) in [6.07, 6.45) is 3.63. The van der Waals surface area contributed by atoms with Gasteiger partial charge < -0.3 is 11.5 Å². The van der Waals surface area contributed by atoms with Gasteiger partial charge in [0.25, 0.3) is 5.91 Å². The Labute approximate surface area is 136 Å². The summed E-state index contributed by atoms with van der Waals surface area (Å²) in [4.78, 5) is 25.2. The summed E-state index contributed by atoms with van der Waals surface area (Å²) in [6, 6.07) is 5.45. The van der Waals surface area contributed by atoms with Gasteiger partial charge in [-0.15, -0.1) is 23.1 Å². The molecule has 5 N–H and O–H groups in total. The molecule has 22 heavy (non-hydrogen) atoms. The molecule has 1 aliphatic rings. The third-order valence-corrected chi connectivity index (χ3v) is 5.72. The molecule has 0 saturated heterocycles. The highest BCUT2D eigenvalue weighted by atomic mass is 32.2. The van der Waals surface area contributed by atoms with Crippen LogP contribution in [0, 0.1) is 0 Å². The van der Waals surface area contributed by atoms with E-state index in [1.807, 2.05) is 12.1 Å². The zero-order valence-electron chi connectivity index (χ0n) is 11.9. The van der Waals surface area contributed by atoms with Gasteiger partial charge in [-0.05, 0) is 41.9 Å². The Morgan fingerprint density at radius 3 is 2.59 bits per heavy atom. The molecule has 1 heterocycles. The first kappa shape index (κ1) is 14.9. The molecule has 1 aliphatic carbocycles. The summed E-state index contributed by atoms with van der Waals surface area (Å²) in [5.41, 5.74) is 14.4. The first-order valence-corrected chi connectivity index (χ1v) is 8.75. The van der Waals surface area contributed by atoms with E-state index in [0.29, 0.717) is 10.6 Å². The molecule has 0 radical (unpaired) electrons. The van der Waals surface area contributed by atoms with Crippen LogP contribution in [0.2, 0.25) is 0 Å². The number of benzene rings is 1. The number of carbonyl (C=O) groups excluding carboxylic acids is 2. The Bertz CT molecular complexity index is 783. The van der Waals surface area contributed by atoms with E-state index < -0.39 is 11.9 Å². The molecule has 1 aromatic carbocycles. The maximum atomic E-state index is 11.8. The number of rotatable bonds is 3. The summed E-state index contributed by atoms with van der Waals surface area (Å²) in [7, 11) is 0. The number of hydrogen-bond acceptors (Lipinski definition) is 4. The molecule has 0 fully saturated rings. The maximum absolute atomic E-state index is 11.8. The first-order valence-electron chi connectivity index (χ1n) is 6.71. The zero-order chi connectivity index (χ0) is 15.9. The van der Waals surface area contributed by atoms with Crippen molar-refractivity contribution in [1.29, 1.82) is 0 Å². The van der Waals surface area contributed by atoms with Gasteiger partial charge in [0.2, 0.25) is 0 Å². The average molecular weight is 333 g/mol. The van der Waals surface area contributed by atoms with Crippen molar-refractivity contribution in [3.63, 3.8) is 0 Å². The van der Waals surface area contributed by atoms with Crippen molar-refractivity contribution < 1.29 is 9.59 Å². The third-order valence-electron chi connectivity index (χ3n) is 3.71. The normalized spacial score (nSPS) is 12.4. The maximum Gasteiger partial charge on any atom is 0.317 e. The summed E-state index contributed by atoms with van der Waals surface area (Å²) in [6.45, 7) is 0. The van der Waals surface area contributed by atoms with Crippen molar-refractivity contribution in [2.75, 3.05) is 11.6 Å². The van der Waals surface area contributed by atoms with Gasteiger partial charge in [-0.3, -0.25) is 10.1 Å². The van der Waals surface area contributed by atoms with E-state index in [4.69, 9.17) is 11.5 Å². The first-order chi connectivity index (χ1) is 10.5. The summed E-state index contributed by atoms with van der Waals surface area (Å²) >= 11 is 3.07. The van der Waals surface area contributed by atoms with Crippen LogP contribution in [0.3, 0.4) is 0 Å². The third kappa shape index (κ3) is 2.36. The van der Waals surface area contributed by atoms with E-state index in [2.05, 4.69) is 17.6 Å². The molecule has 114 valence electrons. The Hall–Kier alpha value is -1.99. The zero-order valence-corrected chi connectivity index (χ0v) is 13.6. The van der Waals surface area contributed by atoms with Gasteiger partial charge in [0.05, 0.1) is 5.56 Å². The predicted octanol–water partition coefficient (Wildman–Crippen LogP) is 2.83. The van der Waals surface area contributed by atoms with Crippen LogP contribution in [0.5, 0.6) is 0 Å². The van der Waals surface area contributed by atoms with Gasteiger partial charge in [0, 0.05) is 9.77 Å². The molecular weight excluding hydrogens is 318 g/mol. The van der Waals surface area contributed by atoms with E-state index >= 15 is 0 Å². The lowest BCUT2D eigenvalue weighted by Gasteiger charge is -2.19. The molecule has 2 aromatic rings. The molecule has 0 aliphatic heterocycles. The Kier molecular flexibility index (Phi) is 3.84. The van der Waals surface area contributed by atoms with Crippen molar-refractivity contribution in [3.8, 4) is 10.4 Å². The van der Waals surface area contributed by atoms with E-state index in [1.165, 1.54) is 21.8 Å². The van der Waals surface area contributed by atoms with Gasteiger partial charge in [-0.2, -0.15) is 0 Å². The Balaban J connectivity index is 2.22. The molecule has 5 nitrogen and oxygen atoms in total. The number of thiophene rings is 1. The fourth-order valence-corrected chi connectivity index (χ4v) is 4.84. The van der Waals surface area contributed by atoms with Crippen LogP contribution < -0.4 is 16.8 Å². The van der Waals surface area contributed by atoms with E-state index in [9.17, 15) is 9.59 Å². The second-order valence-corrected chi connectivity index (χ2v) is 6.82. The highest BCUT2D eigenvalue weighted by Gasteiger charge is 2.28. The molecule has 3 rings (SSSR count). The summed E-state index contributed by atoms with van der Waals surface area (Å²) in [5.74, 6) is -0.536. The molecule has 0 atom stereocenters. The van der Waals surface area contributed by atoms with Gasteiger partial charge in [0.1, 0.15) is 5.00 Å². The minimum atomic E-state index is -0.695. The van der Waals surface area contributed by atoms with Crippen LogP contribution in [0.4, 0.5) is 9.80 Å². The minimum Gasteiger partial charge on any atom is -0.365 e. The standard InChI is InChI=1S/C15H15N3O2S2/c1-21-10-4-2-3-8-7(10)5-6-9-11(13(16)19)14(18-15(17)20)22-12(8)9/h2-4H,5-6H2,1H3,(H2,16,19)(H3,17,18,20). The van der Waals surface area contributed by atoms with Crippen LogP contribution >= 0.6 is 23.1 Å². The van der Waals surface area contributed by atoms with Crippen LogP contribution in [-0.4, -0.2) is 18.2 Å². The second-order valence-electron chi connectivity index (χ2n) is 4.95. The van der Waals surface area contributed by atoms with Crippen LogP contribution in [0.15, 0.2) is 23.1 Å². The van der Waals surface area contributed by atoms with Crippen molar-refractivity contribution in [1.82, 2.24) is 0 Å². The lowest BCUT2D eigenvalue weighted by molar-refractivity contribution is 0.100. The molecule has 0 saturated carbocycles. The lowest BCUT2D eigenvalue weighted by atomic mass is 9.89. The van der Waals surface area contributed by atoms with Crippen LogP contribution in [0.1, 0.15) is 21.5 Å². The molecular formula is C15H15N3O2S2. The largest absolute Gasteiger partial charge is 0.365 e. The van der Waals surface area contributed by atoms with Crippen molar-refractivity contribution >= 4 is 40.0 Å². The van der Waals surface area contributed by atoms with Gasteiger partial charge in [-0.1, -0.05) is 12.1 Å². The van der Waals surface area contributed by atoms with Gasteiger partial charge in [-0.25, -0.2) is 4.79 Å². The SMILES string of the molecule is CSc1cccc2c1CCc1c-2sc(NC(N)=O)c1C(N)=O. The Morgan fingerprint density at radius 2 is 1.95 bits per heavy atom. The predicted molar refractivity (Wildman–Crippen MR) is 90.7 cm³/mol. The fourth-order valence-electron chi connectivity index (χ4n) is 2.86. The van der Waals surface area contributed by atoms with Crippen molar-refractivity contribution in [3.05, 3.63) is 34.9 Å². The van der Waals surface area contributed by atoms with Crippen LogP contribution in [0.25, 0.3) is 10.4 Å². The molecule has 1 aromatic heterocycles. The minimum absolute atomic E-state index is 0.388. The highest BCUT2D eigenvalue weighted by Crippen LogP contribution is 2.46. The quantitative estimate of drug-likeness (QED) is 0.753. The van der Waals surface area contributed by atoms with E-state index in [1.54, 1.807) is 11.8 Å². The Morgan fingerprint density at radius 1 is 1.23 bits per heavy atom. The number of urea groups is 1. The number of nitrogens with one attached hydrogen (secondary N) is 1. The number of fused-ring (bicyclic) bond motifs is 3. The monoisotopic (exact) mass is 333 g/mol. The topological polar surface area (TPSA) is 98.2 Å². The number of amides is 3. The average Bonchev–Trinajstić information content (AvgIpc) is 2.83.